The quantitative estimate of drug-likeness (QED) is 0.278. The standard InChI is InChI=1S/C26H35N3OS.C2H6.CH2O/c1-6-21(29(5)7-2)17-18-28(4)19-25-20(3)27-26(31-25)23-15-11-12-16-24(23)30-22-13-9-8-10-14-22;2*1-2/h8-16,21H,6-7,17-19H2,1-5H3;1-2H3;1H2. The number of carbonyl (C=O) groups excluding carboxylic acids is 1. The maximum atomic E-state index is 8.00. The summed E-state index contributed by atoms with van der Waals surface area (Å²) in [6, 6.07) is 18.7. The zero-order valence-electron chi connectivity index (χ0n) is 22.6. The minimum atomic E-state index is 0.646. The molecule has 0 amide bonds. The van der Waals surface area contributed by atoms with Crippen LogP contribution in [0.15, 0.2) is 54.6 Å². The zero-order chi connectivity index (χ0) is 26.2. The van der Waals surface area contributed by atoms with Gasteiger partial charge in [0.2, 0.25) is 0 Å². The predicted octanol–water partition coefficient (Wildman–Crippen LogP) is 7.30. The Morgan fingerprint density at radius 1 is 1.00 bits per heavy atom. The molecule has 1 unspecified atom stereocenters. The van der Waals surface area contributed by atoms with Gasteiger partial charge in [-0.25, -0.2) is 4.98 Å². The van der Waals surface area contributed by atoms with Crippen LogP contribution in [0.1, 0.15) is 51.1 Å². The van der Waals surface area contributed by atoms with Crippen molar-refractivity contribution in [1.82, 2.24) is 14.8 Å². The number of thiazole rings is 1. The highest BCUT2D eigenvalue weighted by Gasteiger charge is 2.16. The Bertz CT molecular complexity index is 962. The first-order chi connectivity index (χ1) is 17.0. The summed E-state index contributed by atoms with van der Waals surface area (Å²) < 4.78 is 6.16. The summed E-state index contributed by atoms with van der Waals surface area (Å²) in [4.78, 5) is 19.1. The molecule has 0 saturated carbocycles. The molecule has 0 spiro atoms. The second kappa shape index (κ2) is 17.0. The van der Waals surface area contributed by atoms with Crippen molar-refractivity contribution in [1.29, 1.82) is 0 Å². The molecule has 0 aliphatic rings. The van der Waals surface area contributed by atoms with Crippen molar-refractivity contribution < 1.29 is 9.53 Å². The topological polar surface area (TPSA) is 45.7 Å². The summed E-state index contributed by atoms with van der Waals surface area (Å²) in [5, 5.41) is 1.02. The van der Waals surface area contributed by atoms with E-state index >= 15 is 0 Å². The van der Waals surface area contributed by atoms with E-state index in [1.807, 2.05) is 69.2 Å². The summed E-state index contributed by atoms with van der Waals surface area (Å²) >= 11 is 1.77. The van der Waals surface area contributed by atoms with E-state index in [-0.39, 0.29) is 0 Å². The van der Waals surface area contributed by atoms with Gasteiger partial charge in [0.1, 0.15) is 23.3 Å². The first kappa shape index (κ1) is 30.5. The first-order valence-electron chi connectivity index (χ1n) is 12.5. The third-order valence-electron chi connectivity index (χ3n) is 5.83. The van der Waals surface area contributed by atoms with E-state index in [4.69, 9.17) is 14.5 Å². The summed E-state index contributed by atoms with van der Waals surface area (Å²) in [6.45, 7) is 15.7. The van der Waals surface area contributed by atoms with Crippen LogP contribution < -0.4 is 4.74 Å². The van der Waals surface area contributed by atoms with Crippen LogP contribution in [0.2, 0.25) is 0 Å². The fourth-order valence-corrected chi connectivity index (χ4v) is 4.90. The minimum absolute atomic E-state index is 0.646. The highest BCUT2D eigenvalue weighted by atomic mass is 32.1. The van der Waals surface area contributed by atoms with Gasteiger partial charge in [0.05, 0.1) is 11.3 Å². The number of hydrogen-bond acceptors (Lipinski definition) is 6. The number of aromatic nitrogens is 1. The van der Waals surface area contributed by atoms with Crippen LogP contribution in [0.4, 0.5) is 0 Å². The summed E-state index contributed by atoms with van der Waals surface area (Å²) in [6.07, 6.45) is 2.38. The van der Waals surface area contributed by atoms with Crippen molar-refractivity contribution in [2.24, 2.45) is 0 Å². The second-order valence-corrected chi connectivity index (χ2v) is 9.18. The van der Waals surface area contributed by atoms with Gasteiger partial charge in [-0.3, -0.25) is 0 Å². The lowest BCUT2D eigenvalue weighted by atomic mass is 10.1. The molecular formula is C29H43N3O2S. The van der Waals surface area contributed by atoms with Crippen LogP contribution in [-0.2, 0) is 11.3 Å². The van der Waals surface area contributed by atoms with Crippen molar-refractivity contribution >= 4 is 18.1 Å². The van der Waals surface area contributed by atoms with Crippen molar-refractivity contribution in [2.45, 2.75) is 60.0 Å². The van der Waals surface area contributed by atoms with E-state index in [1.54, 1.807) is 11.3 Å². The molecule has 5 nitrogen and oxygen atoms in total. The largest absolute Gasteiger partial charge is 0.457 e. The number of para-hydroxylation sites is 2. The molecule has 35 heavy (non-hydrogen) atoms. The van der Waals surface area contributed by atoms with Crippen LogP contribution in [0.5, 0.6) is 11.5 Å². The smallest absolute Gasteiger partial charge is 0.137 e. The average Bonchev–Trinajstić information content (AvgIpc) is 3.27. The van der Waals surface area contributed by atoms with Gasteiger partial charge in [-0.1, -0.05) is 58.0 Å². The van der Waals surface area contributed by atoms with Crippen molar-refractivity contribution in [3.05, 3.63) is 65.2 Å². The van der Waals surface area contributed by atoms with Gasteiger partial charge in [0, 0.05) is 17.5 Å². The number of benzene rings is 2. The number of hydrogen-bond donors (Lipinski definition) is 0. The molecule has 1 heterocycles. The van der Waals surface area contributed by atoms with E-state index in [0.29, 0.717) is 6.04 Å². The van der Waals surface area contributed by atoms with Crippen LogP contribution in [0.3, 0.4) is 0 Å². The van der Waals surface area contributed by atoms with Gasteiger partial charge in [-0.05, 0) is 71.2 Å². The van der Waals surface area contributed by atoms with Gasteiger partial charge in [0.15, 0.2) is 0 Å². The Morgan fingerprint density at radius 3 is 2.26 bits per heavy atom. The molecule has 0 bridgehead atoms. The Kier molecular flexibility index (Phi) is 14.8. The van der Waals surface area contributed by atoms with Gasteiger partial charge < -0.3 is 19.3 Å². The fourth-order valence-electron chi connectivity index (χ4n) is 3.73. The van der Waals surface area contributed by atoms with Crippen LogP contribution >= 0.6 is 11.3 Å². The molecule has 3 rings (SSSR count). The number of ether oxygens (including phenoxy) is 1. The van der Waals surface area contributed by atoms with E-state index in [1.165, 1.54) is 17.7 Å². The maximum absolute atomic E-state index is 8.00. The molecule has 6 heteroatoms. The van der Waals surface area contributed by atoms with Gasteiger partial charge in [-0.15, -0.1) is 11.3 Å². The SMILES string of the molecule is C=O.CC.CCC(CCN(C)Cc1sc(-c2ccccc2Oc2ccccc2)nc1C)N(C)CC. The molecule has 192 valence electrons. The second-order valence-electron chi connectivity index (χ2n) is 8.10. The molecule has 2 aromatic carbocycles. The summed E-state index contributed by atoms with van der Waals surface area (Å²) in [5.41, 5.74) is 2.16. The average molecular weight is 498 g/mol. The van der Waals surface area contributed by atoms with E-state index in [9.17, 15) is 0 Å². The lowest BCUT2D eigenvalue weighted by molar-refractivity contribution is -0.0979. The Morgan fingerprint density at radius 2 is 1.63 bits per heavy atom. The van der Waals surface area contributed by atoms with E-state index < -0.39 is 0 Å². The lowest BCUT2D eigenvalue weighted by Gasteiger charge is -2.27. The Hall–Kier alpha value is -2.54. The van der Waals surface area contributed by atoms with E-state index in [0.717, 1.165) is 47.4 Å². The Labute approximate surface area is 216 Å². The van der Waals surface area contributed by atoms with Gasteiger partial charge in [0.25, 0.3) is 0 Å². The van der Waals surface area contributed by atoms with Crippen molar-refractivity contribution in [2.75, 3.05) is 27.2 Å². The third-order valence-corrected chi connectivity index (χ3v) is 7.01. The first-order valence-corrected chi connectivity index (χ1v) is 13.3. The summed E-state index contributed by atoms with van der Waals surface area (Å²) in [7, 11) is 4.44. The molecule has 0 N–H and O–H groups in total. The minimum Gasteiger partial charge on any atom is -0.457 e. The lowest BCUT2D eigenvalue weighted by Crippen LogP contribution is -2.34. The molecular weight excluding hydrogens is 454 g/mol. The molecule has 0 aliphatic carbocycles. The molecule has 1 atom stereocenters. The number of carbonyl (C=O) groups is 1. The molecule has 0 aliphatic heterocycles. The molecule has 3 aromatic rings. The van der Waals surface area contributed by atoms with E-state index in [2.05, 4.69) is 50.7 Å². The third kappa shape index (κ3) is 9.55. The fraction of sp³-hybridized carbons (Fsp3) is 0.448. The highest BCUT2D eigenvalue weighted by Crippen LogP contribution is 2.36. The number of nitrogens with zero attached hydrogens (tertiary/aromatic N) is 3. The monoisotopic (exact) mass is 497 g/mol. The predicted molar refractivity (Wildman–Crippen MR) is 151 cm³/mol. The van der Waals surface area contributed by atoms with Crippen LogP contribution in [0, 0.1) is 6.92 Å². The van der Waals surface area contributed by atoms with Gasteiger partial charge in [-0.2, -0.15) is 0 Å². The van der Waals surface area contributed by atoms with Crippen LogP contribution in [-0.4, -0.2) is 54.8 Å². The van der Waals surface area contributed by atoms with Gasteiger partial charge >= 0.3 is 0 Å². The molecule has 0 radical (unpaired) electrons. The zero-order valence-corrected chi connectivity index (χ0v) is 23.4. The maximum Gasteiger partial charge on any atom is 0.137 e. The van der Waals surface area contributed by atoms with Crippen molar-refractivity contribution in [3.63, 3.8) is 0 Å². The Balaban J connectivity index is 0.00000145. The molecule has 0 saturated heterocycles. The molecule has 0 fully saturated rings. The highest BCUT2D eigenvalue weighted by molar-refractivity contribution is 7.15. The van der Waals surface area contributed by atoms with Crippen LogP contribution in [0.25, 0.3) is 10.6 Å². The number of aryl methyl sites for hydroxylation is 1. The normalized spacial score (nSPS) is 11.3. The summed E-state index contributed by atoms with van der Waals surface area (Å²) in [5.74, 6) is 1.68. The number of rotatable bonds is 11. The van der Waals surface area contributed by atoms with Crippen molar-refractivity contribution in [3.8, 4) is 22.1 Å². The molecule has 1 aromatic heterocycles.